The Balaban J connectivity index is 1.89. The molecular formula is C22H23NO3. The van der Waals surface area contributed by atoms with Gasteiger partial charge < -0.3 is 14.6 Å². The molecule has 0 unspecified atom stereocenters. The zero-order valence-electron chi connectivity index (χ0n) is 15.2. The van der Waals surface area contributed by atoms with Gasteiger partial charge in [-0.15, -0.1) is 0 Å². The SMILES string of the molecule is COc1cc2c3c(c4ccc(O)cc4c2cc1OC)CN1CCC[C@H]1C3. The summed E-state index contributed by atoms with van der Waals surface area (Å²) >= 11 is 0. The van der Waals surface area contributed by atoms with Crippen LogP contribution in [-0.4, -0.2) is 36.8 Å². The van der Waals surface area contributed by atoms with Gasteiger partial charge in [0.2, 0.25) is 0 Å². The largest absolute Gasteiger partial charge is 0.508 e. The van der Waals surface area contributed by atoms with Crippen molar-refractivity contribution in [2.75, 3.05) is 20.8 Å². The number of methoxy groups -OCH3 is 2. The minimum Gasteiger partial charge on any atom is -0.508 e. The van der Waals surface area contributed by atoms with Gasteiger partial charge in [-0.3, -0.25) is 4.90 Å². The summed E-state index contributed by atoms with van der Waals surface area (Å²) in [5.41, 5.74) is 2.83. The summed E-state index contributed by atoms with van der Waals surface area (Å²) in [5.74, 6) is 1.78. The van der Waals surface area contributed by atoms with E-state index in [1.54, 1.807) is 20.3 Å². The zero-order valence-corrected chi connectivity index (χ0v) is 15.2. The quantitative estimate of drug-likeness (QED) is 0.703. The van der Waals surface area contributed by atoms with Crippen LogP contribution in [0.1, 0.15) is 24.0 Å². The van der Waals surface area contributed by atoms with E-state index < -0.39 is 0 Å². The van der Waals surface area contributed by atoms with Crippen molar-refractivity contribution in [1.82, 2.24) is 4.90 Å². The van der Waals surface area contributed by atoms with Crippen LogP contribution in [0.4, 0.5) is 0 Å². The van der Waals surface area contributed by atoms with Crippen LogP contribution in [0.3, 0.4) is 0 Å². The van der Waals surface area contributed by atoms with E-state index in [0.29, 0.717) is 11.8 Å². The Bertz CT molecular complexity index is 1030. The zero-order chi connectivity index (χ0) is 17.8. The fourth-order valence-electron chi connectivity index (χ4n) is 4.88. The highest BCUT2D eigenvalue weighted by Gasteiger charge is 2.32. The summed E-state index contributed by atoms with van der Waals surface area (Å²) < 4.78 is 11.1. The van der Waals surface area contributed by atoms with Gasteiger partial charge in [-0.25, -0.2) is 0 Å². The molecule has 0 bridgehead atoms. The molecule has 0 aromatic heterocycles. The molecule has 1 N–H and O–H groups in total. The molecule has 2 aliphatic rings. The van der Waals surface area contributed by atoms with Gasteiger partial charge in [0.25, 0.3) is 0 Å². The predicted molar refractivity (Wildman–Crippen MR) is 103 cm³/mol. The van der Waals surface area contributed by atoms with E-state index >= 15 is 0 Å². The Morgan fingerprint density at radius 2 is 1.65 bits per heavy atom. The van der Waals surface area contributed by atoms with E-state index in [1.165, 1.54) is 41.3 Å². The maximum Gasteiger partial charge on any atom is 0.161 e. The Kier molecular flexibility index (Phi) is 3.50. The summed E-state index contributed by atoms with van der Waals surface area (Å²) in [6.07, 6.45) is 3.65. The lowest BCUT2D eigenvalue weighted by molar-refractivity contribution is 0.229. The molecule has 0 saturated carbocycles. The molecule has 1 saturated heterocycles. The molecule has 4 nitrogen and oxygen atoms in total. The van der Waals surface area contributed by atoms with Crippen molar-refractivity contribution < 1.29 is 14.6 Å². The van der Waals surface area contributed by atoms with Crippen molar-refractivity contribution in [2.45, 2.75) is 31.8 Å². The average molecular weight is 349 g/mol. The van der Waals surface area contributed by atoms with Crippen LogP contribution in [0.5, 0.6) is 17.2 Å². The molecule has 0 aliphatic carbocycles. The van der Waals surface area contributed by atoms with Crippen LogP contribution >= 0.6 is 0 Å². The molecule has 0 amide bonds. The molecular weight excluding hydrogens is 326 g/mol. The molecule has 2 heterocycles. The fourth-order valence-corrected chi connectivity index (χ4v) is 4.88. The van der Waals surface area contributed by atoms with Crippen LogP contribution in [-0.2, 0) is 13.0 Å². The number of hydrogen-bond acceptors (Lipinski definition) is 4. The summed E-state index contributed by atoms with van der Waals surface area (Å²) in [5, 5.41) is 14.8. The molecule has 5 rings (SSSR count). The van der Waals surface area contributed by atoms with Gasteiger partial charge in [0, 0.05) is 12.6 Å². The van der Waals surface area contributed by atoms with Crippen molar-refractivity contribution in [3.63, 3.8) is 0 Å². The number of phenols is 1. The van der Waals surface area contributed by atoms with Crippen molar-refractivity contribution in [3.8, 4) is 17.2 Å². The van der Waals surface area contributed by atoms with Gasteiger partial charge in [-0.2, -0.15) is 0 Å². The first-order valence-electron chi connectivity index (χ1n) is 9.26. The predicted octanol–water partition coefficient (Wildman–Crippen LogP) is 4.24. The first kappa shape index (κ1) is 15.8. The standard InChI is InChI=1S/C22H23NO3/c1-25-21-10-18-16-8-13-4-3-7-23(13)12-20(16)15-6-5-14(24)9-17(15)19(18)11-22(21)26-2/h5-6,9-11,13,24H,3-4,7-8,12H2,1-2H3/t13-/m0/s1. The minimum absolute atomic E-state index is 0.295. The normalized spacial score (nSPS) is 19.5. The Morgan fingerprint density at radius 1 is 0.923 bits per heavy atom. The summed E-state index contributed by atoms with van der Waals surface area (Å²) in [7, 11) is 3.35. The van der Waals surface area contributed by atoms with Crippen molar-refractivity contribution in [3.05, 3.63) is 41.5 Å². The molecule has 4 heteroatoms. The molecule has 3 aromatic carbocycles. The first-order chi connectivity index (χ1) is 12.7. The van der Waals surface area contributed by atoms with Crippen LogP contribution < -0.4 is 9.47 Å². The molecule has 1 atom stereocenters. The fraction of sp³-hybridized carbons (Fsp3) is 0.364. The van der Waals surface area contributed by atoms with E-state index in [9.17, 15) is 5.11 Å². The van der Waals surface area contributed by atoms with Crippen molar-refractivity contribution in [1.29, 1.82) is 0 Å². The van der Waals surface area contributed by atoms with Crippen molar-refractivity contribution in [2.24, 2.45) is 0 Å². The van der Waals surface area contributed by atoms with Gasteiger partial charge in [0.15, 0.2) is 11.5 Å². The van der Waals surface area contributed by atoms with Gasteiger partial charge in [-0.05, 0) is 82.7 Å². The maximum absolute atomic E-state index is 10.1. The molecule has 0 spiro atoms. The molecule has 26 heavy (non-hydrogen) atoms. The second-order valence-corrected chi connectivity index (χ2v) is 7.41. The third-order valence-electron chi connectivity index (χ3n) is 6.13. The smallest absolute Gasteiger partial charge is 0.161 e. The van der Waals surface area contributed by atoms with E-state index in [0.717, 1.165) is 35.2 Å². The van der Waals surface area contributed by atoms with Crippen LogP contribution in [0.15, 0.2) is 30.3 Å². The van der Waals surface area contributed by atoms with Gasteiger partial charge in [0.05, 0.1) is 14.2 Å². The van der Waals surface area contributed by atoms with E-state index in [-0.39, 0.29) is 0 Å². The van der Waals surface area contributed by atoms with Gasteiger partial charge in [0.1, 0.15) is 5.75 Å². The van der Waals surface area contributed by atoms with E-state index in [2.05, 4.69) is 23.1 Å². The molecule has 2 aliphatic heterocycles. The molecule has 0 radical (unpaired) electrons. The number of ether oxygens (including phenoxy) is 2. The highest BCUT2D eigenvalue weighted by Crippen LogP contribution is 2.44. The van der Waals surface area contributed by atoms with Crippen LogP contribution in [0.25, 0.3) is 21.5 Å². The Morgan fingerprint density at radius 3 is 2.42 bits per heavy atom. The van der Waals surface area contributed by atoms with Crippen LogP contribution in [0, 0.1) is 0 Å². The lowest BCUT2D eigenvalue weighted by Gasteiger charge is -2.33. The Labute approximate surface area is 152 Å². The lowest BCUT2D eigenvalue weighted by Crippen LogP contribution is -2.35. The third-order valence-corrected chi connectivity index (χ3v) is 6.13. The van der Waals surface area contributed by atoms with E-state index in [4.69, 9.17) is 9.47 Å². The Hall–Kier alpha value is -2.46. The number of phenolic OH excluding ortho intramolecular Hbond substituents is 1. The minimum atomic E-state index is 0.295. The number of aromatic hydroxyl groups is 1. The number of nitrogens with zero attached hydrogens (tertiary/aromatic N) is 1. The number of benzene rings is 3. The highest BCUT2D eigenvalue weighted by atomic mass is 16.5. The first-order valence-corrected chi connectivity index (χ1v) is 9.26. The van der Waals surface area contributed by atoms with Crippen LogP contribution in [0.2, 0.25) is 0 Å². The average Bonchev–Trinajstić information content (AvgIpc) is 3.13. The number of hydrogen-bond donors (Lipinski definition) is 1. The number of rotatable bonds is 2. The third kappa shape index (κ3) is 2.18. The summed E-state index contributed by atoms with van der Waals surface area (Å²) in [4.78, 5) is 2.61. The molecule has 1 fully saturated rings. The second-order valence-electron chi connectivity index (χ2n) is 7.41. The molecule has 134 valence electrons. The summed E-state index contributed by atoms with van der Waals surface area (Å²) in [6.45, 7) is 2.18. The van der Waals surface area contributed by atoms with E-state index in [1.807, 2.05) is 6.07 Å². The van der Waals surface area contributed by atoms with Gasteiger partial charge in [-0.1, -0.05) is 6.07 Å². The molecule has 3 aromatic rings. The maximum atomic E-state index is 10.1. The topological polar surface area (TPSA) is 41.9 Å². The second kappa shape index (κ2) is 5.78. The van der Waals surface area contributed by atoms with Crippen molar-refractivity contribution >= 4 is 21.5 Å². The monoisotopic (exact) mass is 349 g/mol. The lowest BCUT2D eigenvalue weighted by atomic mass is 9.85. The highest BCUT2D eigenvalue weighted by molar-refractivity contribution is 6.12. The summed E-state index contributed by atoms with van der Waals surface area (Å²) in [6, 6.07) is 10.5. The number of fused-ring (bicyclic) bond motifs is 7. The van der Waals surface area contributed by atoms with Gasteiger partial charge >= 0.3 is 0 Å².